The van der Waals surface area contributed by atoms with Crippen LogP contribution in [0.5, 0.6) is 0 Å². The number of hydrogen-bond acceptors (Lipinski definition) is 4. The third-order valence-electron chi connectivity index (χ3n) is 2.51. The average molecular weight is 241 g/mol. The number of nitrogens with two attached hydrogens (primary N) is 1. The predicted octanol–water partition coefficient (Wildman–Crippen LogP) is 1.43. The summed E-state index contributed by atoms with van der Waals surface area (Å²) in [5.74, 6) is 0.309. The first-order chi connectivity index (χ1) is 7.58. The smallest absolute Gasteiger partial charge is 0.202 e. The van der Waals surface area contributed by atoms with Crippen LogP contribution in [-0.4, -0.2) is 21.0 Å². The van der Waals surface area contributed by atoms with Gasteiger partial charge in [0.05, 0.1) is 11.5 Å². The molecule has 2 rings (SSSR count). The second kappa shape index (κ2) is 4.43. The molecule has 0 spiro atoms. The number of hydrogen-bond donors (Lipinski definition) is 1. The molecule has 1 fully saturated rings. The van der Waals surface area contributed by atoms with E-state index in [0.29, 0.717) is 18.2 Å². The Kier molecular flexibility index (Phi) is 3.16. The van der Waals surface area contributed by atoms with Gasteiger partial charge in [0.15, 0.2) is 5.94 Å². The van der Waals surface area contributed by atoms with Gasteiger partial charge in [-0.25, -0.2) is 8.42 Å². The number of benzene rings is 1. The Morgan fingerprint density at radius 2 is 2.12 bits per heavy atom. The summed E-state index contributed by atoms with van der Waals surface area (Å²) in [6.07, 6.45) is 2.30. The zero-order valence-corrected chi connectivity index (χ0v) is 9.74. The maximum Gasteiger partial charge on any atom is 0.202 e. The van der Waals surface area contributed by atoms with Crippen molar-refractivity contribution in [1.82, 2.24) is 0 Å². The minimum absolute atomic E-state index is 0.225. The highest BCUT2D eigenvalue weighted by Gasteiger charge is 2.23. The summed E-state index contributed by atoms with van der Waals surface area (Å²) in [5.41, 5.74) is 5.98. The van der Waals surface area contributed by atoms with Crippen LogP contribution in [0, 0.1) is 5.92 Å². The number of anilines is 1. The molecule has 2 N–H and O–H groups in total. The quantitative estimate of drug-likeness (QED) is 0.792. The first-order valence-corrected chi connectivity index (χ1v) is 6.89. The highest BCUT2D eigenvalue weighted by Crippen LogP contribution is 2.29. The monoisotopic (exact) mass is 241 g/mol. The van der Waals surface area contributed by atoms with Crippen molar-refractivity contribution in [2.24, 2.45) is 5.92 Å². The molecule has 1 aliphatic carbocycles. The second-order valence-corrected chi connectivity index (χ2v) is 6.06. The lowest BCUT2D eigenvalue weighted by Crippen LogP contribution is -2.11. The van der Waals surface area contributed by atoms with Gasteiger partial charge in [0.2, 0.25) is 9.84 Å². The maximum absolute atomic E-state index is 11.8. The molecule has 1 aromatic rings. The normalized spacial score (nSPS) is 16.2. The molecule has 0 aliphatic heterocycles. The molecule has 88 valence electrons. The lowest BCUT2D eigenvalue weighted by atomic mass is 10.3. The Hall–Kier alpha value is -1.07. The van der Waals surface area contributed by atoms with Gasteiger partial charge >= 0.3 is 0 Å². The van der Waals surface area contributed by atoms with Crippen LogP contribution in [0.4, 0.5) is 5.69 Å². The lowest BCUT2D eigenvalue weighted by Gasteiger charge is -2.05. The summed E-state index contributed by atoms with van der Waals surface area (Å²) in [4.78, 5) is 0.225. The van der Waals surface area contributed by atoms with Crippen molar-refractivity contribution >= 4 is 15.5 Å². The fraction of sp³-hybridized carbons (Fsp3) is 0.455. The summed E-state index contributed by atoms with van der Waals surface area (Å²) in [7, 11) is -3.35. The Morgan fingerprint density at radius 1 is 1.38 bits per heavy atom. The Morgan fingerprint density at radius 3 is 2.75 bits per heavy atom. The van der Waals surface area contributed by atoms with E-state index in [0.717, 1.165) is 12.8 Å². The lowest BCUT2D eigenvalue weighted by molar-refractivity contribution is 0.165. The van der Waals surface area contributed by atoms with E-state index in [1.165, 1.54) is 12.1 Å². The Balaban J connectivity index is 1.99. The molecule has 4 nitrogen and oxygen atoms in total. The molecule has 1 saturated carbocycles. The molecule has 0 unspecified atom stereocenters. The zero-order valence-electron chi connectivity index (χ0n) is 8.93. The van der Waals surface area contributed by atoms with Crippen molar-refractivity contribution in [2.45, 2.75) is 17.7 Å². The van der Waals surface area contributed by atoms with E-state index in [2.05, 4.69) is 0 Å². The minimum atomic E-state index is -3.35. The van der Waals surface area contributed by atoms with Gasteiger partial charge < -0.3 is 10.5 Å². The standard InChI is InChI=1S/C11H15NO3S/c12-10-2-1-3-11(6-10)16(13,14)8-15-7-9-4-5-9/h1-3,6,9H,4-5,7-8,12H2. The van der Waals surface area contributed by atoms with Crippen LogP contribution < -0.4 is 5.73 Å². The van der Waals surface area contributed by atoms with Gasteiger partial charge in [-0.15, -0.1) is 0 Å². The summed E-state index contributed by atoms with van der Waals surface area (Å²) in [6.45, 7) is 0.543. The molecule has 0 heterocycles. The minimum Gasteiger partial charge on any atom is -0.399 e. The van der Waals surface area contributed by atoms with Crippen molar-refractivity contribution < 1.29 is 13.2 Å². The van der Waals surface area contributed by atoms with E-state index in [1.807, 2.05) is 0 Å². The maximum atomic E-state index is 11.8. The number of nitrogen functional groups attached to an aromatic ring is 1. The van der Waals surface area contributed by atoms with E-state index in [1.54, 1.807) is 12.1 Å². The number of sulfone groups is 1. The van der Waals surface area contributed by atoms with Crippen molar-refractivity contribution in [3.8, 4) is 0 Å². The van der Waals surface area contributed by atoms with Gasteiger partial charge in [0, 0.05) is 5.69 Å². The summed E-state index contributed by atoms with van der Waals surface area (Å²) < 4.78 is 28.8. The topological polar surface area (TPSA) is 69.4 Å². The summed E-state index contributed by atoms with van der Waals surface area (Å²) in [5, 5.41) is 0. The third-order valence-corrected chi connectivity index (χ3v) is 3.96. The van der Waals surface area contributed by atoms with Crippen LogP contribution in [0.1, 0.15) is 12.8 Å². The summed E-state index contributed by atoms with van der Waals surface area (Å²) in [6, 6.07) is 6.27. The fourth-order valence-electron chi connectivity index (χ4n) is 1.39. The molecule has 0 radical (unpaired) electrons. The van der Waals surface area contributed by atoms with Crippen LogP contribution in [0.2, 0.25) is 0 Å². The Labute approximate surface area is 95.3 Å². The second-order valence-electron chi connectivity index (χ2n) is 4.12. The number of rotatable bonds is 5. The molecule has 0 saturated heterocycles. The molecule has 0 atom stereocenters. The highest BCUT2D eigenvalue weighted by molar-refractivity contribution is 7.91. The Bertz CT molecular complexity index is 466. The van der Waals surface area contributed by atoms with Crippen LogP contribution in [0.25, 0.3) is 0 Å². The van der Waals surface area contributed by atoms with Crippen molar-refractivity contribution in [2.75, 3.05) is 18.3 Å². The van der Waals surface area contributed by atoms with Gasteiger partial charge in [0.1, 0.15) is 0 Å². The van der Waals surface area contributed by atoms with Crippen LogP contribution >= 0.6 is 0 Å². The molecule has 0 amide bonds. The molecule has 0 aromatic heterocycles. The molecule has 1 aliphatic rings. The molecule has 16 heavy (non-hydrogen) atoms. The van der Waals surface area contributed by atoms with E-state index in [9.17, 15) is 8.42 Å². The molecular weight excluding hydrogens is 226 g/mol. The van der Waals surface area contributed by atoms with E-state index >= 15 is 0 Å². The van der Waals surface area contributed by atoms with Crippen molar-refractivity contribution in [3.63, 3.8) is 0 Å². The van der Waals surface area contributed by atoms with Crippen LogP contribution in [-0.2, 0) is 14.6 Å². The SMILES string of the molecule is Nc1cccc(S(=O)(=O)COCC2CC2)c1. The molecule has 0 bridgehead atoms. The molecule has 5 heteroatoms. The average Bonchev–Trinajstić information content (AvgIpc) is 3.01. The molecule has 1 aromatic carbocycles. The van der Waals surface area contributed by atoms with Crippen LogP contribution in [0.3, 0.4) is 0 Å². The van der Waals surface area contributed by atoms with Crippen molar-refractivity contribution in [1.29, 1.82) is 0 Å². The first kappa shape index (κ1) is 11.4. The molecular formula is C11H15NO3S. The largest absolute Gasteiger partial charge is 0.399 e. The zero-order chi connectivity index (χ0) is 11.6. The number of ether oxygens (including phenoxy) is 1. The third kappa shape index (κ3) is 2.96. The van der Waals surface area contributed by atoms with Crippen LogP contribution in [0.15, 0.2) is 29.2 Å². The van der Waals surface area contributed by atoms with Gasteiger partial charge in [-0.3, -0.25) is 0 Å². The van der Waals surface area contributed by atoms with Gasteiger partial charge in [-0.2, -0.15) is 0 Å². The van der Waals surface area contributed by atoms with E-state index in [4.69, 9.17) is 10.5 Å². The van der Waals surface area contributed by atoms with Gasteiger partial charge in [-0.1, -0.05) is 6.07 Å². The van der Waals surface area contributed by atoms with E-state index in [-0.39, 0.29) is 10.8 Å². The van der Waals surface area contributed by atoms with Crippen molar-refractivity contribution in [3.05, 3.63) is 24.3 Å². The highest BCUT2D eigenvalue weighted by atomic mass is 32.2. The van der Waals surface area contributed by atoms with Gasteiger partial charge in [-0.05, 0) is 37.0 Å². The van der Waals surface area contributed by atoms with Gasteiger partial charge in [0.25, 0.3) is 0 Å². The first-order valence-electron chi connectivity index (χ1n) is 5.24. The summed E-state index contributed by atoms with van der Waals surface area (Å²) >= 11 is 0. The fourth-order valence-corrected chi connectivity index (χ4v) is 2.44. The van der Waals surface area contributed by atoms with E-state index < -0.39 is 9.84 Å². The predicted molar refractivity (Wildman–Crippen MR) is 61.6 cm³/mol.